The molecular formula is C17H25N5O5. The van der Waals surface area contributed by atoms with Crippen molar-refractivity contribution < 1.29 is 19.7 Å². The fraction of sp³-hybridized carbons (Fsp3) is 0.647. The molecule has 1 aliphatic rings. The van der Waals surface area contributed by atoms with Gasteiger partial charge in [0.2, 0.25) is 0 Å². The van der Waals surface area contributed by atoms with Crippen molar-refractivity contribution in [1.82, 2.24) is 9.55 Å². The molecule has 1 saturated carbocycles. The first-order chi connectivity index (χ1) is 12.6. The first-order valence-electron chi connectivity index (χ1n) is 8.67. The number of hydrogen-bond donors (Lipinski definition) is 4. The van der Waals surface area contributed by atoms with Gasteiger partial charge < -0.3 is 26.4 Å². The van der Waals surface area contributed by atoms with E-state index in [2.05, 4.69) is 4.98 Å². The smallest absolute Gasteiger partial charge is 0.350 e. The molecule has 0 aliphatic heterocycles. The fourth-order valence-corrected chi connectivity index (χ4v) is 3.37. The van der Waals surface area contributed by atoms with Gasteiger partial charge in [0.25, 0.3) is 0 Å². The fourth-order valence-electron chi connectivity index (χ4n) is 3.37. The number of carbonyl (C=O) groups is 1. The van der Waals surface area contributed by atoms with Gasteiger partial charge in [-0.1, -0.05) is 13.8 Å². The summed E-state index contributed by atoms with van der Waals surface area (Å²) in [5.41, 5.74) is 8.66. The van der Waals surface area contributed by atoms with Crippen molar-refractivity contribution >= 4 is 11.8 Å². The van der Waals surface area contributed by atoms with E-state index in [1.807, 2.05) is 19.9 Å². The minimum Gasteiger partial charge on any atom is -0.464 e. The van der Waals surface area contributed by atoms with Crippen molar-refractivity contribution in [3.63, 3.8) is 0 Å². The van der Waals surface area contributed by atoms with Crippen LogP contribution in [0.4, 0.5) is 5.82 Å². The molecule has 0 amide bonds. The molecule has 0 aromatic carbocycles. The SMILES string of the molecule is CC(C)C[C@H](N)C(=O)OC[C@H]1C[C@@](C#N)(n2ccc(N)nc2=O)C(O)C1O. The van der Waals surface area contributed by atoms with Crippen LogP contribution in [0, 0.1) is 23.2 Å². The van der Waals surface area contributed by atoms with E-state index in [1.54, 1.807) is 0 Å². The highest BCUT2D eigenvalue weighted by molar-refractivity contribution is 5.75. The number of nitrogens with two attached hydrogens (primary N) is 2. The van der Waals surface area contributed by atoms with Crippen LogP contribution in [-0.4, -0.2) is 50.6 Å². The topological polar surface area (TPSA) is 177 Å². The molecule has 2 rings (SSSR count). The zero-order chi connectivity index (χ0) is 20.4. The molecule has 0 saturated heterocycles. The van der Waals surface area contributed by atoms with Crippen molar-refractivity contribution in [2.75, 3.05) is 12.3 Å². The van der Waals surface area contributed by atoms with E-state index in [1.165, 1.54) is 12.3 Å². The van der Waals surface area contributed by atoms with E-state index < -0.39 is 41.4 Å². The number of carbonyl (C=O) groups excluding carboxylic acids is 1. The number of aliphatic hydroxyl groups is 2. The van der Waals surface area contributed by atoms with Crippen molar-refractivity contribution in [3.8, 4) is 6.07 Å². The molecule has 10 nitrogen and oxygen atoms in total. The number of aliphatic hydroxyl groups excluding tert-OH is 2. The van der Waals surface area contributed by atoms with Gasteiger partial charge in [0.05, 0.1) is 18.8 Å². The summed E-state index contributed by atoms with van der Waals surface area (Å²) >= 11 is 0. The highest BCUT2D eigenvalue weighted by Crippen LogP contribution is 2.40. The van der Waals surface area contributed by atoms with Gasteiger partial charge in [-0.25, -0.2) is 4.79 Å². The van der Waals surface area contributed by atoms with Crippen LogP contribution in [-0.2, 0) is 15.1 Å². The lowest BCUT2D eigenvalue weighted by atomic mass is 9.95. The molecule has 0 spiro atoms. The maximum Gasteiger partial charge on any atom is 0.350 e. The second-order valence-corrected chi connectivity index (χ2v) is 7.31. The Bertz CT molecular complexity index is 789. The average Bonchev–Trinajstić information content (AvgIpc) is 2.84. The van der Waals surface area contributed by atoms with Gasteiger partial charge in [0.15, 0.2) is 5.54 Å². The van der Waals surface area contributed by atoms with E-state index in [-0.39, 0.29) is 24.8 Å². The summed E-state index contributed by atoms with van der Waals surface area (Å²) in [4.78, 5) is 27.7. The van der Waals surface area contributed by atoms with Gasteiger partial charge in [-0.05, 0) is 24.8 Å². The zero-order valence-corrected chi connectivity index (χ0v) is 15.3. The highest BCUT2D eigenvalue weighted by atomic mass is 16.5. The van der Waals surface area contributed by atoms with Crippen LogP contribution in [0.3, 0.4) is 0 Å². The molecule has 1 fully saturated rings. The lowest BCUT2D eigenvalue weighted by Gasteiger charge is -2.27. The Morgan fingerprint density at radius 1 is 1.56 bits per heavy atom. The molecule has 6 N–H and O–H groups in total. The Labute approximate surface area is 156 Å². The average molecular weight is 379 g/mol. The maximum absolute atomic E-state index is 12.1. The molecule has 5 atom stereocenters. The summed E-state index contributed by atoms with van der Waals surface area (Å²) in [5.74, 6) is -1.19. The van der Waals surface area contributed by atoms with Crippen molar-refractivity contribution in [3.05, 3.63) is 22.7 Å². The minimum absolute atomic E-state index is 0.0259. The largest absolute Gasteiger partial charge is 0.464 e. The second kappa shape index (κ2) is 8.04. The Morgan fingerprint density at radius 2 is 2.22 bits per heavy atom. The van der Waals surface area contributed by atoms with E-state index >= 15 is 0 Å². The monoisotopic (exact) mass is 379 g/mol. The first-order valence-corrected chi connectivity index (χ1v) is 8.67. The number of nitrogens with zero attached hydrogens (tertiary/aromatic N) is 3. The third-order valence-electron chi connectivity index (χ3n) is 4.79. The molecule has 1 heterocycles. The number of ether oxygens (including phenoxy) is 1. The van der Waals surface area contributed by atoms with E-state index in [9.17, 15) is 25.1 Å². The normalized spacial score (nSPS) is 28.7. The van der Waals surface area contributed by atoms with Gasteiger partial charge in [0, 0.05) is 12.1 Å². The Balaban J connectivity index is 2.17. The predicted octanol–water partition coefficient (Wildman–Crippen LogP) is -1.30. The summed E-state index contributed by atoms with van der Waals surface area (Å²) < 4.78 is 6.11. The predicted molar refractivity (Wildman–Crippen MR) is 95.0 cm³/mol. The summed E-state index contributed by atoms with van der Waals surface area (Å²) in [7, 11) is 0. The van der Waals surface area contributed by atoms with Crippen LogP contribution in [0.15, 0.2) is 17.1 Å². The molecule has 10 heteroatoms. The molecule has 0 radical (unpaired) electrons. The molecule has 2 unspecified atom stereocenters. The summed E-state index contributed by atoms with van der Waals surface area (Å²) in [6, 6.07) is 2.43. The number of nitriles is 1. The molecule has 0 bridgehead atoms. The summed E-state index contributed by atoms with van der Waals surface area (Å²) in [6.45, 7) is 3.61. The molecule has 1 aromatic heterocycles. The second-order valence-electron chi connectivity index (χ2n) is 7.31. The van der Waals surface area contributed by atoms with Crippen LogP contribution in [0.1, 0.15) is 26.7 Å². The number of nitrogen functional groups attached to an aromatic ring is 1. The standard InChI is InChI=1S/C17H25N5O5/c1-9(2)5-11(19)15(25)27-7-10-6-17(8-18,14(24)13(10)23)22-4-3-12(20)21-16(22)26/h3-4,9-11,13-14,23-24H,5-7,19H2,1-2H3,(H2,20,21,26)/t10-,11+,13?,14?,17+/m1/s1. The molecule has 148 valence electrons. The molecule has 27 heavy (non-hydrogen) atoms. The van der Waals surface area contributed by atoms with E-state index in [0.29, 0.717) is 6.42 Å². The molecular weight excluding hydrogens is 354 g/mol. The van der Waals surface area contributed by atoms with E-state index in [4.69, 9.17) is 16.2 Å². The number of anilines is 1. The number of esters is 1. The maximum atomic E-state index is 12.1. The van der Waals surface area contributed by atoms with Crippen LogP contribution in [0.25, 0.3) is 0 Å². The number of aromatic nitrogens is 2. The lowest BCUT2D eigenvalue weighted by molar-refractivity contribution is -0.148. The van der Waals surface area contributed by atoms with Crippen molar-refractivity contribution in [2.45, 2.75) is 50.5 Å². The van der Waals surface area contributed by atoms with Crippen LogP contribution >= 0.6 is 0 Å². The van der Waals surface area contributed by atoms with Crippen LogP contribution in [0.5, 0.6) is 0 Å². The third kappa shape index (κ3) is 4.10. The van der Waals surface area contributed by atoms with Crippen molar-refractivity contribution in [1.29, 1.82) is 5.26 Å². The number of hydrogen-bond acceptors (Lipinski definition) is 9. The molecule has 1 aromatic rings. The number of rotatable bonds is 6. The van der Waals surface area contributed by atoms with Gasteiger partial charge in [-0.15, -0.1) is 0 Å². The summed E-state index contributed by atoms with van der Waals surface area (Å²) in [6.07, 6.45) is -1.36. The van der Waals surface area contributed by atoms with Gasteiger partial charge >= 0.3 is 11.7 Å². The Kier molecular flexibility index (Phi) is 6.20. The quantitative estimate of drug-likeness (QED) is 0.437. The van der Waals surface area contributed by atoms with Gasteiger partial charge in [-0.3, -0.25) is 9.36 Å². The summed E-state index contributed by atoms with van der Waals surface area (Å²) in [5, 5.41) is 30.5. The van der Waals surface area contributed by atoms with Crippen LogP contribution < -0.4 is 17.2 Å². The van der Waals surface area contributed by atoms with Gasteiger partial charge in [0.1, 0.15) is 18.0 Å². The Morgan fingerprint density at radius 3 is 2.78 bits per heavy atom. The van der Waals surface area contributed by atoms with Crippen LogP contribution in [0.2, 0.25) is 0 Å². The molecule has 1 aliphatic carbocycles. The van der Waals surface area contributed by atoms with E-state index in [0.717, 1.165) is 4.57 Å². The highest BCUT2D eigenvalue weighted by Gasteiger charge is 2.55. The Hall–Kier alpha value is -2.48. The third-order valence-corrected chi connectivity index (χ3v) is 4.79. The van der Waals surface area contributed by atoms with Gasteiger partial charge in [-0.2, -0.15) is 10.2 Å². The van der Waals surface area contributed by atoms with Crippen molar-refractivity contribution in [2.24, 2.45) is 17.6 Å². The first kappa shape index (κ1) is 20.8. The lowest BCUT2D eigenvalue weighted by Crippen LogP contribution is -2.48. The zero-order valence-electron chi connectivity index (χ0n) is 15.3. The minimum atomic E-state index is -1.74.